The van der Waals surface area contributed by atoms with Gasteiger partial charge in [0.15, 0.2) is 0 Å². The Morgan fingerprint density at radius 2 is 1.84 bits per heavy atom. The summed E-state index contributed by atoms with van der Waals surface area (Å²) < 4.78 is 0.921. The SMILES string of the molecule is O=C(N/C=C/c1ccccc1)Nc1cccc(Br)c1. The molecule has 0 bridgehead atoms. The van der Waals surface area contributed by atoms with E-state index in [0.717, 1.165) is 15.7 Å². The fourth-order valence-electron chi connectivity index (χ4n) is 1.51. The van der Waals surface area contributed by atoms with Crippen LogP contribution in [-0.2, 0) is 0 Å². The number of rotatable bonds is 3. The number of benzene rings is 2. The molecule has 0 spiro atoms. The van der Waals surface area contributed by atoms with Gasteiger partial charge in [0, 0.05) is 16.4 Å². The van der Waals surface area contributed by atoms with Crippen molar-refractivity contribution in [2.75, 3.05) is 5.32 Å². The Labute approximate surface area is 120 Å². The Kier molecular flexibility index (Phi) is 4.75. The Morgan fingerprint density at radius 1 is 1.05 bits per heavy atom. The normalized spacial score (nSPS) is 10.4. The van der Waals surface area contributed by atoms with E-state index in [-0.39, 0.29) is 6.03 Å². The molecule has 0 unspecified atom stereocenters. The Morgan fingerprint density at radius 3 is 2.58 bits per heavy atom. The summed E-state index contributed by atoms with van der Waals surface area (Å²) in [5.41, 5.74) is 1.77. The highest BCUT2D eigenvalue weighted by Crippen LogP contribution is 2.15. The van der Waals surface area contributed by atoms with Crippen LogP contribution in [0.2, 0.25) is 0 Å². The number of hydrogen-bond acceptors (Lipinski definition) is 1. The van der Waals surface area contributed by atoms with Gasteiger partial charge in [0.2, 0.25) is 0 Å². The molecule has 0 aliphatic rings. The van der Waals surface area contributed by atoms with Crippen LogP contribution in [0.4, 0.5) is 10.5 Å². The average Bonchev–Trinajstić information content (AvgIpc) is 2.40. The predicted octanol–water partition coefficient (Wildman–Crippen LogP) is 4.24. The number of urea groups is 1. The van der Waals surface area contributed by atoms with Gasteiger partial charge in [-0.25, -0.2) is 4.79 Å². The smallest absolute Gasteiger partial charge is 0.314 e. The highest BCUT2D eigenvalue weighted by molar-refractivity contribution is 9.10. The fraction of sp³-hybridized carbons (Fsp3) is 0. The van der Waals surface area contributed by atoms with Crippen LogP contribution < -0.4 is 10.6 Å². The summed E-state index contributed by atoms with van der Waals surface area (Å²) >= 11 is 3.35. The van der Waals surface area contributed by atoms with Gasteiger partial charge in [-0.1, -0.05) is 52.3 Å². The fourth-order valence-corrected chi connectivity index (χ4v) is 1.91. The van der Waals surface area contributed by atoms with Crippen molar-refractivity contribution in [1.29, 1.82) is 0 Å². The van der Waals surface area contributed by atoms with Gasteiger partial charge in [-0.2, -0.15) is 0 Å². The molecule has 0 radical (unpaired) electrons. The monoisotopic (exact) mass is 316 g/mol. The molecule has 0 saturated heterocycles. The van der Waals surface area contributed by atoms with Crippen molar-refractivity contribution >= 4 is 33.7 Å². The number of carbonyl (C=O) groups is 1. The number of carbonyl (C=O) groups excluding carboxylic acids is 1. The van der Waals surface area contributed by atoms with E-state index in [0.29, 0.717) is 0 Å². The molecule has 2 aromatic rings. The first-order valence-electron chi connectivity index (χ1n) is 5.79. The van der Waals surface area contributed by atoms with Gasteiger partial charge in [-0.3, -0.25) is 0 Å². The molecule has 3 nitrogen and oxygen atoms in total. The topological polar surface area (TPSA) is 41.1 Å². The van der Waals surface area contributed by atoms with Crippen molar-refractivity contribution in [3.63, 3.8) is 0 Å². The second-order valence-electron chi connectivity index (χ2n) is 3.85. The number of halogens is 1. The molecule has 0 fully saturated rings. The third-order valence-electron chi connectivity index (χ3n) is 2.37. The molecule has 0 aliphatic heterocycles. The van der Waals surface area contributed by atoms with Crippen molar-refractivity contribution in [3.8, 4) is 0 Å². The largest absolute Gasteiger partial charge is 0.323 e. The summed E-state index contributed by atoms with van der Waals surface area (Å²) in [5.74, 6) is 0. The minimum absolute atomic E-state index is 0.273. The number of anilines is 1. The molecule has 0 saturated carbocycles. The van der Waals surface area contributed by atoms with Gasteiger partial charge in [0.05, 0.1) is 0 Å². The maximum atomic E-state index is 11.6. The maximum absolute atomic E-state index is 11.6. The van der Waals surface area contributed by atoms with Gasteiger partial charge < -0.3 is 10.6 Å². The van der Waals surface area contributed by atoms with E-state index in [1.54, 1.807) is 6.20 Å². The lowest BCUT2D eigenvalue weighted by molar-refractivity contribution is 0.255. The second kappa shape index (κ2) is 6.75. The first-order chi connectivity index (χ1) is 9.24. The van der Waals surface area contributed by atoms with Crippen molar-refractivity contribution in [1.82, 2.24) is 5.32 Å². The van der Waals surface area contributed by atoms with E-state index in [9.17, 15) is 4.79 Å². The van der Waals surface area contributed by atoms with E-state index in [1.165, 1.54) is 0 Å². The molecule has 2 aromatic carbocycles. The molecule has 2 rings (SSSR count). The van der Waals surface area contributed by atoms with E-state index in [2.05, 4.69) is 26.6 Å². The number of amides is 2. The highest BCUT2D eigenvalue weighted by Gasteiger charge is 1.98. The van der Waals surface area contributed by atoms with E-state index < -0.39 is 0 Å². The molecule has 0 aliphatic carbocycles. The minimum Gasteiger partial charge on any atom is -0.314 e. The zero-order valence-electron chi connectivity index (χ0n) is 10.1. The Balaban J connectivity index is 1.87. The van der Waals surface area contributed by atoms with E-state index in [1.807, 2.05) is 60.7 Å². The predicted molar refractivity (Wildman–Crippen MR) is 81.8 cm³/mol. The lowest BCUT2D eigenvalue weighted by atomic mass is 10.2. The first kappa shape index (κ1) is 13.4. The van der Waals surface area contributed by atoms with Gasteiger partial charge in [-0.15, -0.1) is 0 Å². The second-order valence-corrected chi connectivity index (χ2v) is 4.77. The molecule has 2 N–H and O–H groups in total. The van der Waals surface area contributed by atoms with Crippen molar-refractivity contribution in [3.05, 3.63) is 70.8 Å². The summed E-state index contributed by atoms with van der Waals surface area (Å²) in [6.07, 6.45) is 3.45. The standard InChI is InChI=1S/C15H13BrN2O/c16-13-7-4-8-14(11-13)18-15(19)17-10-9-12-5-2-1-3-6-12/h1-11H,(H2,17,18,19)/b10-9+. The van der Waals surface area contributed by atoms with Crippen LogP contribution >= 0.6 is 15.9 Å². The molecule has 96 valence electrons. The molecule has 19 heavy (non-hydrogen) atoms. The highest BCUT2D eigenvalue weighted by atomic mass is 79.9. The van der Waals surface area contributed by atoms with Gasteiger partial charge in [-0.05, 0) is 29.8 Å². The van der Waals surface area contributed by atoms with Gasteiger partial charge >= 0.3 is 6.03 Å². The minimum atomic E-state index is -0.273. The molecule has 0 atom stereocenters. The average molecular weight is 317 g/mol. The van der Waals surface area contributed by atoms with Crippen LogP contribution in [0.25, 0.3) is 6.08 Å². The van der Waals surface area contributed by atoms with Gasteiger partial charge in [0.1, 0.15) is 0 Å². The lowest BCUT2D eigenvalue weighted by Gasteiger charge is -2.04. The zero-order valence-corrected chi connectivity index (χ0v) is 11.7. The van der Waals surface area contributed by atoms with Crippen LogP contribution in [0.15, 0.2) is 65.3 Å². The van der Waals surface area contributed by atoms with Crippen LogP contribution in [0.1, 0.15) is 5.56 Å². The quantitative estimate of drug-likeness (QED) is 0.873. The number of nitrogens with one attached hydrogen (secondary N) is 2. The Hall–Kier alpha value is -2.07. The van der Waals surface area contributed by atoms with Crippen molar-refractivity contribution in [2.24, 2.45) is 0 Å². The third-order valence-corrected chi connectivity index (χ3v) is 2.87. The maximum Gasteiger partial charge on any atom is 0.323 e. The molecule has 0 aromatic heterocycles. The first-order valence-corrected chi connectivity index (χ1v) is 6.58. The Bertz CT molecular complexity index is 582. The van der Waals surface area contributed by atoms with E-state index in [4.69, 9.17) is 0 Å². The van der Waals surface area contributed by atoms with Gasteiger partial charge in [0.25, 0.3) is 0 Å². The summed E-state index contributed by atoms with van der Waals surface area (Å²) in [6.45, 7) is 0. The lowest BCUT2D eigenvalue weighted by Crippen LogP contribution is -2.23. The summed E-state index contributed by atoms with van der Waals surface area (Å²) in [4.78, 5) is 11.6. The zero-order chi connectivity index (χ0) is 13.5. The van der Waals surface area contributed by atoms with Crippen LogP contribution in [0.3, 0.4) is 0 Å². The van der Waals surface area contributed by atoms with Crippen molar-refractivity contribution < 1.29 is 4.79 Å². The van der Waals surface area contributed by atoms with Crippen LogP contribution in [0, 0.1) is 0 Å². The van der Waals surface area contributed by atoms with Crippen LogP contribution in [-0.4, -0.2) is 6.03 Å². The number of hydrogen-bond donors (Lipinski definition) is 2. The molecular weight excluding hydrogens is 304 g/mol. The molecule has 2 amide bonds. The molecule has 4 heteroatoms. The third kappa shape index (κ3) is 4.60. The summed E-state index contributed by atoms with van der Waals surface area (Å²) in [6, 6.07) is 16.9. The molecule has 0 heterocycles. The van der Waals surface area contributed by atoms with Crippen LogP contribution in [0.5, 0.6) is 0 Å². The summed E-state index contributed by atoms with van der Waals surface area (Å²) in [5, 5.41) is 5.39. The van der Waals surface area contributed by atoms with Crippen molar-refractivity contribution in [2.45, 2.75) is 0 Å². The molecular formula is C15H13BrN2O. The summed E-state index contributed by atoms with van der Waals surface area (Å²) in [7, 11) is 0. The van der Waals surface area contributed by atoms with E-state index >= 15 is 0 Å².